The van der Waals surface area contributed by atoms with Crippen molar-refractivity contribution in [3.05, 3.63) is 47.0 Å². The predicted molar refractivity (Wildman–Crippen MR) is 95.0 cm³/mol. The summed E-state index contributed by atoms with van der Waals surface area (Å²) in [7, 11) is 0. The van der Waals surface area contributed by atoms with Gasteiger partial charge in [-0.2, -0.15) is 11.8 Å². The Balaban J connectivity index is 3.05. The lowest BCUT2D eigenvalue weighted by molar-refractivity contribution is -0.138. The molecule has 0 atom stereocenters. The van der Waals surface area contributed by atoms with Gasteiger partial charge in [0, 0.05) is 17.9 Å². The average Bonchev–Trinajstić information content (AvgIpc) is 2.53. The number of rotatable bonds is 8. The van der Waals surface area contributed by atoms with Crippen LogP contribution in [0.4, 0.5) is 0 Å². The molecule has 0 saturated heterocycles. The minimum atomic E-state index is -0.366. The summed E-state index contributed by atoms with van der Waals surface area (Å²) in [6.07, 6.45) is 8.32. The minimum absolute atomic E-state index is 0.350. The van der Waals surface area contributed by atoms with E-state index in [2.05, 4.69) is 0 Å². The van der Waals surface area contributed by atoms with Crippen LogP contribution in [0.25, 0.3) is 12.2 Å². The van der Waals surface area contributed by atoms with Gasteiger partial charge < -0.3 is 9.47 Å². The van der Waals surface area contributed by atoms with Crippen molar-refractivity contribution in [1.82, 2.24) is 0 Å². The average molecular weight is 334 g/mol. The van der Waals surface area contributed by atoms with Gasteiger partial charge >= 0.3 is 11.9 Å². The normalized spacial score (nSPS) is 11.1. The molecule has 23 heavy (non-hydrogen) atoms. The lowest BCUT2D eigenvalue weighted by atomic mass is 10.0. The van der Waals surface area contributed by atoms with Crippen LogP contribution in [-0.4, -0.2) is 31.4 Å². The first kappa shape index (κ1) is 19.0. The molecule has 1 aromatic carbocycles. The molecule has 0 N–H and O–H groups in total. The molecule has 0 unspecified atom stereocenters. The summed E-state index contributed by atoms with van der Waals surface area (Å²) in [5.74, 6) is 0.0383. The number of benzene rings is 1. The van der Waals surface area contributed by atoms with Crippen LogP contribution in [0.3, 0.4) is 0 Å². The third-order valence-electron chi connectivity index (χ3n) is 2.91. The molecular weight excluding hydrogens is 312 g/mol. The Labute approximate surface area is 141 Å². The molecule has 0 aromatic heterocycles. The Kier molecular flexibility index (Phi) is 8.83. The molecule has 0 amide bonds. The van der Waals surface area contributed by atoms with Crippen molar-refractivity contribution in [2.45, 2.75) is 19.6 Å². The van der Waals surface area contributed by atoms with Crippen molar-refractivity contribution in [3.8, 4) is 0 Å². The first-order chi connectivity index (χ1) is 11.1. The zero-order valence-corrected chi connectivity index (χ0v) is 14.5. The van der Waals surface area contributed by atoms with E-state index in [0.29, 0.717) is 13.2 Å². The van der Waals surface area contributed by atoms with Gasteiger partial charge in [-0.3, -0.25) is 0 Å². The Morgan fingerprint density at radius 1 is 1.00 bits per heavy atom. The number of hydrogen-bond acceptors (Lipinski definition) is 5. The Bertz CT molecular complexity index is 544. The molecule has 1 aromatic rings. The fourth-order valence-electron chi connectivity index (χ4n) is 1.94. The standard InChI is InChI=1S/C18H22O4S/c1-4-21-17(19)11-9-14-7-6-8-15(16(14)13-23-3)10-12-18(20)22-5-2/h6-12H,4-5,13H2,1-3H3/b11-9+,12-10+. The van der Waals surface area contributed by atoms with E-state index in [1.807, 2.05) is 24.5 Å². The van der Waals surface area contributed by atoms with E-state index >= 15 is 0 Å². The summed E-state index contributed by atoms with van der Waals surface area (Å²) in [4.78, 5) is 22.9. The van der Waals surface area contributed by atoms with E-state index in [-0.39, 0.29) is 11.9 Å². The molecule has 5 heteroatoms. The van der Waals surface area contributed by atoms with Crippen molar-refractivity contribution in [3.63, 3.8) is 0 Å². The topological polar surface area (TPSA) is 52.6 Å². The molecule has 0 aliphatic rings. The van der Waals surface area contributed by atoms with Gasteiger partial charge in [-0.25, -0.2) is 9.59 Å². The van der Waals surface area contributed by atoms with Gasteiger partial charge in [0.25, 0.3) is 0 Å². The molecule has 0 aliphatic carbocycles. The second-order valence-corrected chi connectivity index (χ2v) is 5.38. The molecule has 0 radical (unpaired) electrons. The van der Waals surface area contributed by atoms with Gasteiger partial charge in [0.15, 0.2) is 0 Å². The first-order valence-electron chi connectivity index (χ1n) is 7.42. The Hall–Kier alpha value is -2.01. The Morgan fingerprint density at radius 3 is 1.87 bits per heavy atom. The van der Waals surface area contributed by atoms with Gasteiger partial charge in [0.05, 0.1) is 13.2 Å². The summed E-state index contributed by atoms with van der Waals surface area (Å²) < 4.78 is 9.79. The van der Waals surface area contributed by atoms with Crippen molar-refractivity contribution in [2.24, 2.45) is 0 Å². The largest absolute Gasteiger partial charge is 0.463 e. The first-order valence-corrected chi connectivity index (χ1v) is 8.82. The van der Waals surface area contributed by atoms with Crippen LogP contribution in [0.15, 0.2) is 30.4 Å². The van der Waals surface area contributed by atoms with Crippen molar-refractivity contribution >= 4 is 35.9 Å². The van der Waals surface area contributed by atoms with Crippen LogP contribution in [0.1, 0.15) is 30.5 Å². The van der Waals surface area contributed by atoms with E-state index in [9.17, 15) is 9.59 Å². The molecule has 0 fully saturated rings. The number of carbonyl (C=O) groups excluding carboxylic acids is 2. The van der Waals surface area contributed by atoms with Gasteiger partial charge in [-0.1, -0.05) is 18.2 Å². The maximum absolute atomic E-state index is 11.5. The molecule has 1 rings (SSSR count). The van der Waals surface area contributed by atoms with Crippen molar-refractivity contribution < 1.29 is 19.1 Å². The molecule has 0 heterocycles. The zero-order valence-electron chi connectivity index (χ0n) is 13.7. The number of carbonyl (C=O) groups is 2. The van der Waals surface area contributed by atoms with Gasteiger partial charge in [-0.15, -0.1) is 0 Å². The van der Waals surface area contributed by atoms with Crippen molar-refractivity contribution in [1.29, 1.82) is 0 Å². The van der Waals surface area contributed by atoms with Crippen LogP contribution in [0, 0.1) is 0 Å². The summed E-state index contributed by atoms with van der Waals surface area (Å²) >= 11 is 1.67. The molecule has 124 valence electrons. The number of thioether (sulfide) groups is 1. The monoisotopic (exact) mass is 334 g/mol. The van der Waals surface area contributed by atoms with Gasteiger partial charge in [0.1, 0.15) is 0 Å². The molecular formula is C18H22O4S. The zero-order chi connectivity index (χ0) is 17.1. The number of esters is 2. The van der Waals surface area contributed by atoms with Crippen LogP contribution < -0.4 is 0 Å². The van der Waals surface area contributed by atoms with Crippen molar-refractivity contribution in [2.75, 3.05) is 19.5 Å². The van der Waals surface area contributed by atoms with E-state index < -0.39 is 0 Å². The molecule has 0 bridgehead atoms. The predicted octanol–water partition coefficient (Wildman–Crippen LogP) is 3.70. The van der Waals surface area contributed by atoms with Crippen LogP contribution >= 0.6 is 11.8 Å². The lowest BCUT2D eigenvalue weighted by Crippen LogP contribution is -2.00. The summed E-state index contributed by atoms with van der Waals surface area (Å²) in [6, 6.07) is 5.76. The maximum Gasteiger partial charge on any atom is 0.330 e. The molecule has 0 spiro atoms. The van der Waals surface area contributed by atoms with Gasteiger partial charge in [-0.05, 0) is 48.9 Å². The Morgan fingerprint density at radius 2 is 1.48 bits per heavy atom. The smallest absolute Gasteiger partial charge is 0.330 e. The summed E-state index contributed by atoms with van der Waals surface area (Å²) in [6.45, 7) is 4.24. The fraction of sp³-hybridized carbons (Fsp3) is 0.333. The highest BCUT2D eigenvalue weighted by atomic mass is 32.2. The quantitative estimate of drug-likeness (QED) is 0.536. The SMILES string of the molecule is CCOC(=O)/C=C/c1cccc(/C=C/C(=O)OCC)c1CSC. The molecule has 0 saturated carbocycles. The van der Waals surface area contributed by atoms with E-state index in [1.54, 1.807) is 37.8 Å². The lowest BCUT2D eigenvalue weighted by Gasteiger charge is -2.09. The van der Waals surface area contributed by atoms with Gasteiger partial charge in [0.2, 0.25) is 0 Å². The highest BCUT2D eigenvalue weighted by Crippen LogP contribution is 2.22. The maximum atomic E-state index is 11.5. The second-order valence-electron chi connectivity index (χ2n) is 4.52. The van der Waals surface area contributed by atoms with Crippen LogP contribution in [0.2, 0.25) is 0 Å². The second kappa shape index (κ2) is 10.7. The number of hydrogen-bond donors (Lipinski definition) is 0. The number of ether oxygens (including phenoxy) is 2. The van der Waals surface area contributed by atoms with E-state index in [1.165, 1.54) is 12.2 Å². The minimum Gasteiger partial charge on any atom is -0.463 e. The third kappa shape index (κ3) is 6.74. The van der Waals surface area contributed by atoms with Crippen LogP contribution in [-0.2, 0) is 24.8 Å². The highest BCUT2D eigenvalue weighted by Gasteiger charge is 2.06. The van der Waals surface area contributed by atoms with E-state index in [0.717, 1.165) is 22.4 Å². The summed E-state index contributed by atoms with van der Waals surface area (Å²) in [5, 5.41) is 0. The third-order valence-corrected chi connectivity index (χ3v) is 3.49. The summed E-state index contributed by atoms with van der Waals surface area (Å²) in [5.41, 5.74) is 2.91. The molecule has 0 aliphatic heterocycles. The molecule has 4 nitrogen and oxygen atoms in total. The van der Waals surface area contributed by atoms with E-state index in [4.69, 9.17) is 9.47 Å². The van der Waals surface area contributed by atoms with Crippen LogP contribution in [0.5, 0.6) is 0 Å². The fourth-order valence-corrected chi connectivity index (χ4v) is 2.56. The highest BCUT2D eigenvalue weighted by molar-refractivity contribution is 7.97.